The molecule has 1 aromatic rings. The maximum absolute atomic E-state index is 12.4. The van der Waals surface area contributed by atoms with Crippen molar-refractivity contribution < 1.29 is 23.1 Å². The van der Waals surface area contributed by atoms with Crippen molar-refractivity contribution in [3.05, 3.63) is 29.8 Å². The van der Waals surface area contributed by atoms with Gasteiger partial charge in [0, 0.05) is 24.7 Å². The van der Waals surface area contributed by atoms with Crippen molar-refractivity contribution in [2.75, 3.05) is 13.1 Å². The summed E-state index contributed by atoms with van der Waals surface area (Å²) in [6.45, 7) is 0.401. The highest BCUT2D eigenvalue weighted by Crippen LogP contribution is 2.16. The molecule has 8 heteroatoms. The van der Waals surface area contributed by atoms with Gasteiger partial charge in [-0.15, -0.1) is 0 Å². The molecule has 2 unspecified atom stereocenters. The van der Waals surface area contributed by atoms with Crippen molar-refractivity contribution in [3.8, 4) is 0 Å². The minimum atomic E-state index is -3.58. The molecular weight excluding hydrogens is 296 g/mol. The highest BCUT2D eigenvalue weighted by Gasteiger charge is 2.31. The molecule has 0 aromatic heterocycles. The van der Waals surface area contributed by atoms with Crippen LogP contribution in [0.3, 0.4) is 0 Å². The molecule has 7 nitrogen and oxygen atoms in total. The van der Waals surface area contributed by atoms with E-state index in [0.29, 0.717) is 11.8 Å². The Morgan fingerprint density at radius 3 is 2.38 bits per heavy atom. The smallest absolute Gasteiger partial charge is 0.304 e. The minimum absolute atomic E-state index is 0.0617. The van der Waals surface area contributed by atoms with Gasteiger partial charge in [0.2, 0.25) is 0 Å². The molecule has 2 rings (SSSR count). The number of aldehydes is 1. The Morgan fingerprint density at radius 2 is 1.90 bits per heavy atom. The fourth-order valence-corrected chi connectivity index (χ4v) is 3.64. The number of hydrogen-bond donors (Lipinski definition) is 3. The van der Waals surface area contributed by atoms with Gasteiger partial charge >= 0.3 is 5.97 Å². The van der Waals surface area contributed by atoms with Crippen LogP contribution in [0.15, 0.2) is 29.2 Å². The zero-order chi connectivity index (χ0) is 15.5. The molecule has 114 valence electrons. The first-order chi connectivity index (χ1) is 9.93. The van der Waals surface area contributed by atoms with Gasteiger partial charge in [-0.05, 0) is 12.1 Å². The zero-order valence-corrected chi connectivity index (χ0v) is 12.0. The van der Waals surface area contributed by atoms with Crippen LogP contribution in [-0.4, -0.2) is 50.3 Å². The third-order valence-electron chi connectivity index (χ3n) is 3.32. The van der Waals surface area contributed by atoms with Crippen molar-refractivity contribution in [3.63, 3.8) is 0 Å². The Bertz CT molecular complexity index is 618. The molecule has 1 aromatic carbocycles. The monoisotopic (exact) mass is 312 g/mol. The second-order valence-corrected chi connectivity index (χ2v) is 6.96. The van der Waals surface area contributed by atoms with Crippen LogP contribution in [0, 0.1) is 0 Å². The Kier molecular flexibility index (Phi) is 4.71. The van der Waals surface area contributed by atoms with Gasteiger partial charge in [-0.2, -0.15) is 0 Å². The molecule has 2 atom stereocenters. The van der Waals surface area contributed by atoms with Crippen LogP contribution in [0.25, 0.3) is 0 Å². The maximum atomic E-state index is 12.4. The van der Waals surface area contributed by atoms with Gasteiger partial charge in [-0.1, -0.05) is 12.1 Å². The number of carboxylic acid groups (broad SMARTS) is 1. The van der Waals surface area contributed by atoms with E-state index in [9.17, 15) is 18.0 Å². The van der Waals surface area contributed by atoms with Gasteiger partial charge in [0.15, 0.2) is 9.84 Å². The van der Waals surface area contributed by atoms with Crippen molar-refractivity contribution in [2.45, 2.75) is 22.7 Å². The fraction of sp³-hybridized carbons (Fsp3) is 0.385. The lowest BCUT2D eigenvalue weighted by Gasteiger charge is -2.30. The molecule has 0 bridgehead atoms. The Labute approximate surface area is 122 Å². The first-order valence-corrected chi connectivity index (χ1v) is 7.96. The van der Waals surface area contributed by atoms with Crippen molar-refractivity contribution >= 4 is 22.1 Å². The van der Waals surface area contributed by atoms with E-state index < -0.39 is 21.2 Å². The number of sulfone groups is 1. The second-order valence-electron chi connectivity index (χ2n) is 4.83. The van der Waals surface area contributed by atoms with Gasteiger partial charge in [-0.25, -0.2) is 8.42 Å². The summed E-state index contributed by atoms with van der Waals surface area (Å²) in [6, 6.07) is 5.40. The van der Waals surface area contributed by atoms with E-state index in [1.54, 1.807) is 0 Å². The molecule has 3 N–H and O–H groups in total. The summed E-state index contributed by atoms with van der Waals surface area (Å²) in [4.78, 5) is 21.3. The number of carbonyl (C=O) groups excluding carboxylic acids is 1. The van der Waals surface area contributed by atoms with Gasteiger partial charge < -0.3 is 10.4 Å². The molecule has 1 saturated heterocycles. The number of carboxylic acids is 1. The minimum Gasteiger partial charge on any atom is -0.481 e. The van der Waals surface area contributed by atoms with Crippen LogP contribution < -0.4 is 10.6 Å². The predicted octanol–water partition coefficient (Wildman–Crippen LogP) is -0.365. The Morgan fingerprint density at radius 1 is 1.24 bits per heavy atom. The van der Waals surface area contributed by atoms with Crippen LogP contribution >= 0.6 is 0 Å². The van der Waals surface area contributed by atoms with E-state index in [-0.39, 0.29) is 30.4 Å². The molecule has 1 heterocycles. The lowest BCUT2D eigenvalue weighted by Crippen LogP contribution is -2.57. The molecule has 0 aliphatic carbocycles. The predicted molar refractivity (Wildman–Crippen MR) is 74.8 cm³/mol. The van der Waals surface area contributed by atoms with E-state index in [0.717, 1.165) is 0 Å². The van der Waals surface area contributed by atoms with Crippen LogP contribution in [0.2, 0.25) is 0 Å². The average molecular weight is 312 g/mol. The second kappa shape index (κ2) is 6.33. The van der Waals surface area contributed by atoms with E-state index in [4.69, 9.17) is 5.11 Å². The molecule has 1 aliphatic heterocycles. The first-order valence-electron chi connectivity index (χ1n) is 6.41. The quantitative estimate of drug-likeness (QED) is 0.636. The number of hydrogen-bond acceptors (Lipinski definition) is 6. The number of carbonyl (C=O) groups is 2. The number of piperazine rings is 1. The average Bonchev–Trinajstić information content (AvgIpc) is 2.47. The summed E-state index contributed by atoms with van der Waals surface area (Å²) in [6.07, 6.45) is 0.584. The summed E-state index contributed by atoms with van der Waals surface area (Å²) in [7, 11) is -3.58. The molecule has 1 fully saturated rings. The Balaban J connectivity index is 2.07. The normalized spacial score (nSPS) is 22.7. The van der Waals surface area contributed by atoms with Gasteiger partial charge in [0.25, 0.3) is 0 Å². The summed E-state index contributed by atoms with van der Waals surface area (Å²) in [5.41, 5.74) is 0.408. The molecule has 21 heavy (non-hydrogen) atoms. The summed E-state index contributed by atoms with van der Waals surface area (Å²) in [5.74, 6) is -0.931. The highest BCUT2D eigenvalue weighted by atomic mass is 32.2. The van der Waals surface area contributed by atoms with Crippen LogP contribution in [-0.2, 0) is 14.6 Å². The number of rotatable bonds is 5. The van der Waals surface area contributed by atoms with Crippen molar-refractivity contribution in [1.82, 2.24) is 10.6 Å². The molecule has 0 radical (unpaired) electrons. The standard InChI is InChI=1S/C13H16N2O5S/c16-8-9-1-3-11(4-2-9)21(19,20)12-7-14-10(6-15-12)5-13(17)18/h1-4,8,10,12,14-15H,5-7H2,(H,17,18). The summed E-state index contributed by atoms with van der Waals surface area (Å²) < 4.78 is 24.8. The summed E-state index contributed by atoms with van der Waals surface area (Å²) >= 11 is 0. The Hall–Kier alpha value is -1.77. The fourth-order valence-electron chi connectivity index (χ4n) is 2.17. The number of nitrogens with one attached hydrogen (secondary N) is 2. The van der Waals surface area contributed by atoms with E-state index >= 15 is 0 Å². The topological polar surface area (TPSA) is 113 Å². The molecule has 1 aliphatic rings. The van der Waals surface area contributed by atoms with E-state index in [2.05, 4.69) is 10.6 Å². The molecule has 0 amide bonds. The number of benzene rings is 1. The molecule has 0 spiro atoms. The van der Waals surface area contributed by atoms with Crippen molar-refractivity contribution in [2.24, 2.45) is 0 Å². The third kappa shape index (κ3) is 3.66. The largest absolute Gasteiger partial charge is 0.481 e. The van der Waals surface area contributed by atoms with E-state index in [1.807, 2.05) is 0 Å². The van der Waals surface area contributed by atoms with Gasteiger partial charge in [0.05, 0.1) is 11.3 Å². The third-order valence-corrected chi connectivity index (χ3v) is 5.34. The van der Waals surface area contributed by atoms with Gasteiger partial charge in [0.1, 0.15) is 11.7 Å². The highest BCUT2D eigenvalue weighted by molar-refractivity contribution is 7.92. The SMILES string of the molecule is O=Cc1ccc(S(=O)(=O)C2CNC(CC(=O)O)CN2)cc1. The summed E-state index contributed by atoms with van der Waals surface area (Å²) in [5, 5.41) is 13.7. The van der Waals surface area contributed by atoms with Crippen LogP contribution in [0.1, 0.15) is 16.8 Å². The zero-order valence-electron chi connectivity index (χ0n) is 11.2. The van der Waals surface area contributed by atoms with Crippen LogP contribution in [0.5, 0.6) is 0 Å². The first kappa shape index (κ1) is 15.6. The molecule has 0 saturated carbocycles. The lowest BCUT2D eigenvalue weighted by molar-refractivity contribution is -0.137. The maximum Gasteiger partial charge on any atom is 0.304 e. The van der Waals surface area contributed by atoms with Crippen molar-refractivity contribution in [1.29, 1.82) is 0 Å². The molecular formula is C13H16N2O5S. The van der Waals surface area contributed by atoms with Gasteiger partial charge in [-0.3, -0.25) is 14.9 Å². The number of aliphatic carboxylic acids is 1. The van der Waals surface area contributed by atoms with Crippen LogP contribution in [0.4, 0.5) is 0 Å². The van der Waals surface area contributed by atoms with E-state index in [1.165, 1.54) is 24.3 Å². The lowest BCUT2D eigenvalue weighted by atomic mass is 10.2.